The van der Waals surface area contributed by atoms with Gasteiger partial charge in [0.15, 0.2) is 0 Å². The van der Waals surface area contributed by atoms with E-state index in [9.17, 15) is 0 Å². The number of aryl methyl sites for hydroxylation is 1. The molecule has 0 spiro atoms. The van der Waals surface area contributed by atoms with Crippen molar-refractivity contribution in [3.05, 3.63) is 29.3 Å². The molecule has 2 aliphatic rings. The van der Waals surface area contributed by atoms with Gasteiger partial charge in [-0.25, -0.2) is 0 Å². The quantitative estimate of drug-likeness (QED) is 0.900. The summed E-state index contributed by atoms with van der Waals surface area (Å²) in [5.74, 6) is 2.56. The van der Waals surface area contributed by atoms with Crippen LogP contribution < -0.4 is 10.5 Å². The monoisotopic (exact) mass is 260 g/mol. The number of methoxy groups -OCH3 is 1. The van der Waals surface area contributed by atoms with Gasteiger partial charge in [-0.3, -0.25) is 0 Å². The molecule has 0 aromatic heterocycles. The van der Waals surface area contributed by atoms with Crippen LogP contribution in [0.1, 0.15) is 29.9 Å². The average Bonchev–Trinajstić information content (AvgIpc) is 2.87. The van der Waals surface area contributed by atoms with Crippen LogP contribution in [0.3, 0.4) is 0 Å². The molecule has 1 aromatic rings. The molecule has 3 heteroatoms. The lowest BCUT2D eigenvalue weighted by atomic mass is 9.76. The van der Waals surface area contributed by atoms with E-state index in [1.807, 2.05) is 0 Å². The minimum atomic E-state index is 0.665. The second-order valence-corrected chi connectivity index (χ2v) is 5.84. The van der Waals surface area contributed by atoms with E-state index in [-0.39, 0.29) is 0 Å². The number of likely N-dealkylation sites (tertiary alicyclic amines) is 1. The molecule has 19 heavy (non-hydrogen) atoms. The number of hydrogen-bond donors (Lipinski definition) is 1. The predicted octanol–water partition coefficient (Wildman–Crippen LogP) is 2.01. The Morgan fingerprint density at radius 2 is 2.26 bits per heavy atom. The Morgan fingerprint density at radius 3 is 3.05 bits per heavy atom. The third kappa shape index (κ3) is 2.37. The summed E-state index contributed by atoms with van der Waals surface area (Å²) in [6, 6.07) is 6.51. The Kier molecular flexibility index (Phi) is 3.76. The third-order valence-electron chi connectivity index (χ3n) is 4.73. The molecule has 1 aliphatic heterocycles. The van der Waals surface area contributed by atoms with Crippen LogP contribution in [0.15, 0.2) is 18.2 Å². The Morgan fingerprint density at radius 1 is 1.37 bits per heavy atom. The van der Waals surface area contributed by atoms with E-state index < -0.39 is 0 Å². The van der Waals surface area contributed by atoms with Gasteiger partial charge in [-0.2, -0.15) is 0 Å². The fourth-order valence-electron chi connectivity index (χ4n) is 3.82. The number of hydrogen-bond acceptors (Lipinski definition) is 3. The summed E-state index contributed by atoms with van der Waals surface area (Å²) in [4.78, 5) is 2.59. The van der Waals surface area contributed by atoms with Gasteiger partial charge in [-0.15, -0.1) is 0 Å². The summed E-state index contributed by atoms with van der Waals surface area (Å²) >= 11 is 0. The maximum atomic E-state index is 5.63. The summed E-state index contributed by atoms with van der Waals surface area (Å²) in [5.41, 5.74) is 8.61. The number of nitrogens with two attached hydrogens (primary N) is 1. The largest absolute Gasteiger partial charge is 0.496 e. The van der Waals surface area contributed by atoms with E-state index >= 15 is 0 Å². The molecule has 1 fully saturated rings. The van der Waals surface area contributed by atoms with Crippen LogP contribution in [0.25, 0.3) is 0 Å². The summed E-state index contributed by atoms with van der Waals surface area (Å²) in [5, 5.41) is 0. The number of fused-ring (bicyclic) bond motifs is 3. The Bertz CT molecular complexity index is 432. The highest BCUT2D eigenvalue weighted by Gasteiger charge is 2.38. The van der Waals surface area contributed by atoms with Crippen LogP contribution in [-0.4, -0.2) is 38.2 Å². The van der Waals surface area contributed by atoms with Crippen molar-refractivity contribution in [3.8, 4) is 5.75 Å². The molecule has 0 radical (unpaired) electrons. The van der Waals surface area contributed by atoms with Crippen molar-refractivity contribution in [2.75, 3.05) is 33.3 Å². The fraction of sp³-hybridized carbons (Fsp3) is 0.625. The van der Waals surface area contributed by atoms with E-state index in [4.69, 9.17) is 10.5 Å². The van der Waals surface area contributed by atoms with Gasteiger partial charge in [-0.1, -0.05) is 12.1 Å². The Hall–Kier alpha value is -1.06. The van der Waals surface area contributed by atoms with Gasteiger partial charge in [-0.05, 0) is 49.9 Å². The highest BCUT2D eigenvalue weighted by molar-refractivity contribution is 5.45. The van der Waals surface area contributed by atoms with Gasteiger partial charge >= 0.3 is 0 Å². The lowest BCUT2D eigenvalue weighted by Crippen LogP contribution is -2.23. The van der Waals surface area contributed by atoms with E-state index in [0.717, 1.165) is 31.2 Å². The highest BCUT2D eigenvalue weighted by atomic mass is 16.5. The Labute approximate surface area is 115 Å². The molecule has 1 aliphatic carbocycles. The zero-order valence-corrected chi connectivity index (χ0v) is 11.8. The molecule has 3 rings (SSSR count). The number of rotatable bonds is 4. The zero-order chi connectivity index (χ0) is 13.2. The minimum absolute atomic E-state index is 0.665. The van der Waals surface area contributed by atoms with Crippen molar-refractivity contribution < 1.29 is 4.74 Å². The number of benzene rings is 1. The topological polar surface area (TPSA) is 38.5 Å². The van der Waals surface area contributed by atoms with Crippen molar-refractivity contribution in [1.82, 2.24) is 4.90 Å². The van der Waals surface area contributed by atoms with E-state index in [0.29, 0.717) is 5.92 Å². The summed E-state index contributed by atoms with van der Waals surface area (Å²) < 4.78 is 5.60. The molecule has 0 amide bonds. The van der Waals surface area contributed by atoms with Crippen molar-refractivity contribution in [2.45, 2.75) is 25.2 Å². The first-order valence-electron chi connectivity index (χ1n) is 7.41. The van der Waals surface area contributed by atoms with Crippen molar-refractivity contribution in [3.63, 3.8) is 0 Å². The molecule has 2 N–H and O–H groups in total. The van der Waals surface area contributed by atoms with Gasteiger partial charge < -0.3 is 15.4 Å². The lowest BCUT2D eigenvalue weighted by Gasteiger charge is -2.28. The molecule has 2 unspecified atom stereocenters. The van der Waals surface area contributed by atoms with Crippen LogP contribution >= 0.6 is 0 Å². The summed E-state index contributed by atoms with van der Waals surface area (Å²) in [6.07, 6.45) is 3.64. The average molecular weight is 260 g/mol. The van der Waals surface area contributed by atoms with Crippen LogP contribution in [0.4, 0.5) is 0 Å². The first-order chi connectivity index (χ1) is 9.33. The van der Waals surface area contributed by atoms with E-state index in [2.05, 4.69) is 23.1 Å². The summed E-state index contributed by atoms with van der Waals surface area (Å²) in [7, 11) is 1.79. The van der Waals surface area contributed by atoms with Crippen LogP contribution in [0.5, 0.6) is 5.75 Å². The van der Waals surface area contributed by atoms with Crippen molar-refractivity contribution >= 4 is 0 Å². The summed E-state index contributed by atoms with van der Waals surface area (Å²) in [6.45, 7) is 4.36. The first kappa shape index (κ1) is 12.9. The molecule has 3 nitrogen and oxygen atoms in total. The molecule has 104 valence electrons. The highest BCUT2D eigenvalue weighted by Crippen LogP contribution is 2.45. The van der Waals surface area contributed by atoms with Gasteiger partial charge in [0.05, 0.1) is 7.11 Å². The fourth-order valence-corrected chi connectivity index (χ4v) is 3.82. The first-order valence-corrected chi connectivity index (χ1v) is 7.41. The molecule has 0 saturated carbocycles. The van der Waals surface area contributed by atoms with Gasteiger partial charge in [0.1, 0.15) is 5.75 Å². The normalized spacial score (nSPS) is 26.0. The zero-order valence-electron chi connectivity index (χ0n) is 11.8. The van der Waals surface area contributed by atoms with E-state index in [1.54, 1.807) is 7.11 Å². The molecular weight excluding hydrogens is 236 g/mol. The van der Waals surface area contributed by atoms with Crippen LogP contribution in [0, 0.1) is 5.92 Å². The van der Waals surface area contributed by atoms with E-state index in [1.165, 1.54) is 37.1 Å². The molecule has 0 bridgehead atoms. The lowest BCUT2D eigenvalue weighted by molar-refractivity contribution is 0.318. The second kappa shape index (κ2) is 5.51. The molecule has 1 heterocycles. The maximum Gasteiger partial charge on any atom is 0.122 e. The smallest absolute Gasteiger partial charge is 0.122 e. The number of ether oxygens (including phenoxy) is 1. The maximum absolute atomic E-state index is 5.63. The van der Waals surface area contributed by atoms with Crippen molar-refractivity contribution in [1.29, 1.82) is 0 Å². The van der Waals surface area contributed by atoms with Gasteiger partial charge in [0.2, 0.25) is 0 Å². The standard InChI is InChI=1S/C16H24N2O/c1-19-15-5-2-4-12-6-7-13-10-18(9-3-8-17)11-14(13)16(12)15/h2,4-5,13-14H,3,6-11,17H2,1H3. The Balaban J connectivity index is 1.84. The molecule has 2 atom stereocenters. The minimum Gasteiger partial charge on any atom is -0.496 e. The third-order valence-corrected chi connectivity index (χ3v) is 4.73. The van der Waals surface area contributed by atoms with Crippen LogP contribution in [-0.2, 0) is 6.42 Å². The van der Waals surface area contributed by atoms with Crippen LogP contribution in [0.2, 0.25) is 0 Å². The predicted molar refractivity (Wildman–Crippen MR) is 77.7 cm³/mol. The second-order valence-electron chi connectivity index (χ2n) is 5.84. The van der Waals surface area contributed by atoms with Crippen molar-refractivity contribution in [2.24, 2.45) is 11.7 Å². The molecular formula is C16H24N2O. The van der Waals surface area contributed by atoms with Gasteiger partial charge in [0.25, 0.3) is 0 Å². The SMILES string of the molecule is COc1cccc2c1C1CN(CCCN)CC1CC2. The molecule has 1 aromatic carbocycles. The number of nitrogens with zero attached hydrogens (tertiary/aromatic N) is 1. The van der Waals surface area contributed by atoms with Gasteiger partial charge in [0, 0.05) is 24.6 Å². The molecule has 1 saturated heterocycles.